The largest absolute Gasteiger partial charge is 0.493 e. The fraction of sp³-hybridized carbons (Fsp3) is 0.600. The topological polar surface area (TPSA) is 138 Å². The number of fused-ring (bicyclic) bond motifs is 3. The van der Waals surface area contributed by atoms with Gasteiger partial charge in [0, 0.05) is 37.8 Å². The molecule has 1 aromatic rings. The van der Waals surface area contributed by atoms with Crippen molar-refractivity contribution in [2.24, 2.45) is 5.92 Å². The van der Waals surface area contributed by atoms with Crippen molar-refractivity contribution in [2.45, 2.75) is 51.0 Å². The third-order valence-electron chi connectivity index (χ3n) is 6.29. The number of ether oxygens (including phenoxy) is 3. The number of carbonyl (C=O) groups is 2. The molecule has 10 heteroatoms. The Morgan fingerprint density at radius 1 is 1.23 bits per heavy atom. The third-order valence-corrected chi connectivity index (χ3v) is 6.29. The summed E-state index contributed by atoms with van der Waals surface area (Å²) in [6.07, 6.45) is -0.120. The average Bonchev–Trinajstić information content (AvgIpc) is 3.22. The first kappa shape index (κ1) is 26.9. The van der Waals surface area contributed by atoms with Gasteiger partial charge < -0.3 is 39.7 Å². The number of rotatable bonds is 11. The molecule has 2 amide bonds. The number of nitrogens with one attached hydrogen (secondary N) is 1. The SMILES string of the molecule is COCCN(C(=O)CC(C)C)[C@@H]1C=C(C(=O)NCCO)[C@@H]2c3cc(CO)cc(OC)c3O[C@@H]2[C@H]1O. The minimum Gasteiger partial charge on any atom is -0.493 e. The molecule has 0 spiro atoms. The molecule has 1 aliphatic carbocycles. The summed E-state index contributed by atoms with van der Waals surface area (Å²) in [6, 6.07) is 2.55. The molecule has 4 atom stereocenters. The van der Waals surface area contributed by atoms with Crippen LogP contribution in [0.5, 0.6) is 11.5 Å². The van der Waals surface area contributed by atoms with E-state index >= 15 is 0 Å². The fourth-order valence-corrected chi connectivity index (χ4v) is 4.72. The molecule has 3 rings (SSSR count). The van der Waals surface area contributed by atoms with Gasteiger partial charge in [0.05, 0.1) is 38.9 Å². The molecule has 0 unspecified atom stereocenters. The second kappa shape index (κ2) is 11.9. The van der Waals surface area contributed by atoms with E-state index in [0.29, 0.717) is 28.2 Å². The van der Waals surface area contributed by atoms with E-state index in [1.807, 2.05) is 13.8 Å². The van der Waals surface area contributed by atoms with E-state index in [9.17, 15) is 24.9 Å². The number of aliphatic hydroxyl groups excluding tert-OH is 3. The number of hydrogen-bond donors (Lipinski definition) is 4. The van der Waals surface area contributed by atoms with Gasteiger partial charge in [-0.3, -0.25) is 9.59 Å². The molecule has 10 nitrogen and oxygen atoms in total. The first-order chi connectivity index (χ1) is 16.8. The molecular weight excluding hydrogens is 456 g/mol. The summed E-state index contributed by atoms with van der Waals surface area (Å²) in [5, 5.41) is 33.1. The Bertz CT molecular complexity index is 948. The van der Waals surface area contributed by atoms with Gasteiger partial charge in [-0.1, -0.05) is 13.8 Å². The lowest BCUT2D eigenvalue weighted by molar-refractivity contribution is -0.138. The zero-order chi connectivity index (χ0) is 25.7. The van der Waals surface area contributed by atoms with Crippen LogP contribution in [-0.4, -0.2) is 90.8 Å². The summed E-state index contributed by atoms with van der Waals surface area (Å²) in [7, 11) is 3.01. The van der Waals surface area contributed by atoms with Gasteiger partial charge in [-0.2, -0.15) is 0 Å². The molecule has 0 radical (unpaired) electrons. The second-order valence-electron chi connectivity index (χ2n) is 9.20. The van der Waals surface area contributed by atoms with Crippen molar-refractivity contribution >= 4 is 11.8 Å². The van der Waals surface area contributed by atoms with Crippen LogP contribution in [0, 0.1) is 5.92 Å². The number of methoxy groups -OCH3 is 2. The highest BCUT2D eigenvalue weighted by molar-refractivity contribution is 5.96. The fourth-order valence-electron chi connectivity index (χ4n) is 4.72. The summed E-state index contributed by atoms with van der Waals surface area (Å²) in [5.74, 6) is -0.380. The maximum Gasteiger partial charge on any atom is 0.247 e. The summed E-state index contributed by atoms with van der Waals surface area (Å²) >= 11 is 0. The molecule has 35 heavy (non-hydrogen) atoms. The Kier molecular flexibility index (Phi) is 9.12. The summed E-state index contributed by atoms with van der Waals surface area (Å²) in [6.45, 7) is 3.94. The molecule has 1 heterocycles. The van der Waals surface area contributed by atoms with Gasteiger partial charge in [0.15, 0.2) is 11.5 Å². The van der Waals surface area contributed by atoms with E-state index in [1.54, 1.807) is 18.2 Å². The van der Waals surface area contributed by atoms with Crippen LogP contribution in [0.3, 0.4) is 0 Å². The first-order valence-electron chi connectivity index (χ1n) is 11.8. The number of aliphatic hydroxyl groups is 3. The maximum absolute atomic E-state index is 13.2. The van der Waals surface area contributed by atoms with E-state index in [4.69, 9.17) is 14.2 Å². The van der Waals surface area contributed by atoms with Crippen LogP contribution >= 0.6 is 0 Å². The molecule has 1 aromatic carbocycles. The van der Waals surface area contributed by atoms with Gasteiger partial charge in [0.1, 0.15) is 12.2 Å². The summed E-state index contributed by atoms with van der Waals surface area (Å²) < 4.78 is 16.8. The standard InChI is InChI=1S/C25H36N2O8/c1-14(2)9-20(30)27(6-8-33-3)18-12-17(25(32)26-5-7-28)21-16-10-15(13-29)11-19(34-4)23(16)35-24(21)22(18)31/h10-12,14,18,21-22,24,28-29,31H,5-9,13H2,1-4H3,(H,26,32)/t18-,21+,22+,24+/m1/s1. The van der Waals surface area contributed by atoms with E-state index in [2.05, 4.69) is 5.32 Å². The molecule has 0 saturated carbocycles. The lowest BCUT2D eigenvalue weighted by Gasteiger charge is -2.41. The van der Waals surface area contributed by atoms with Crippen molar-refractivity contribution in [1.29, 1.82) is 0 Å². The molecule has 194 valence electrons. The molecule has 0 aromatic heterocycles. The van der Waals surface area contributed by atoms with Crippen LogP contribution in [-0.2, 0) is 20.9 Å². The molecule has 0 bridgehead atoms. The summed E-state index contributed by atoms with van der Waals surface area (Å²) in [5.41, 5.74) is 1.50. The number of benzene rings is 1. The normalized spacial score (nSPS) is 22.7. The molecule has 4 N–H and O–H groups in total. The van der Waals surface area contributed by atoms with Crippen LogP contribution in [0.15, 0.2) is 23.8 Å². The van der Waals surface area contributed by atoms with Crippen molar-refractivity contribution < 1.29 is 39.1 Å². The van der Waals surface area contributed by atoms with Crippen molar-refractivity contribution in [3.63, 3.8) is 0 Å². The highest BCUT2D eigenvalue weighted by Gasteiger charge is 2.51. The van der Waals surface area contributed by atoms with Gasteiger partial charge in [-0.25, -0.2) is 0 Å². The zero-order valence-corrected chi connectivity index (χ0v) is 20.7. The van der Waals surface area contributed by atoms with Gasteiger partial charge in [0.2, 0.25) is 11.8 Å². The Balaban J connectivity index is 2.10. The Hall–Kier alpha value is -2.66. The van der Waals surface area contributed by atoms with Gasteiger partial charge in [-0.15, -0.1) is 0 Å². The second-order valence-corrected chi connectivity index (χ2v) is 9.20. The monoisotopic (exact) mass is 492 g/mol. The highest BCUT2D eigenvalue weighted by atomic mass is 16.5. The lowest BCUT2D eigenvalue weighted by Crippen LogP contribution is -2.56. The molecule has 2 aliphatic rings. The van der Waals surface area contributed by atoms with Gasteiger partial charge in [-0.05, 0) is 29.7 Å². The van der Waals surface area contributed by atoms with Crippen LogP contribution in [0.2, 0.25) is 0 Å². The molecule has 0 saturated heterocycles. The van der Waals surface area contributed by atoms with Crippen LogP contribution in [0.4, 0.5) is 0 Å². The van der Waals surface area contributed by atoms with E-state index in [1.165, 1.54) is 19.1 Å². The smallest absolute Gasteiger partial charge is 0.247 e. The number of carbonyl (C=O) groups excluding carboxylic acids is 2. The molecule has 0 fully saturated rings. The molecular formula is C25H36N2O8. The quantitative estimate of drug-likeness (QED) is 0.347. The molecule has 1 aliphatic heterocycles. The van der Waals surface area contributed by atoms with Crippen LogP contribution in [0.1, 0.15) is 37.3 Å². The van der Waals surface area contributed by atoms with Gasteiger partial charge >= 0.3 is 0 Å². The minimum absolute atomic E-state index is 0.0498. The number of nitrogens with zero attached hydrogens (tertiary/aromatic N) is 1. The van der Waals surface area contributed by atoms with Crippen molar-refractivity contribution in [1.82, 2.24) is 10.2 Å². The first-order valence-corrected chi connectivity index (χ1v) is 11.8. The van der Waals surface area contributed by atoms with Crippen LogP contribution < -0.4 is 14.8 Å². The Labute approximate surface area is 205 Å². The predicted octanol–water partition coefficient (Wildman–Crippen LogP) is 0.331. The number of amides is 2. The summed E-state index contributed by atoms with van der Waals surface area (Å²) in [4.78, 5) is 27.9. The predicted molar refractivity (Wildman–Crippen MR) is 127 cm³/mol. The maximum atomic E-state index is 13.2. The van der Waals surface area contributed by atoms with Gasteiger partial charge in [0.25, 0.3) is 0 Å². The third kappa shape index (κ3) is 5.61. The van der Waals surface area contributed by atoms with Crippen molar-refractivity contribution in [2.75, 3.05) is 40.5 Å². The Morgan fingerprint density at radius 3 is 2.57 bits per heavy atom. The van der Waals surface area contributed by atoms with Crippen molar-refractivity contribution in [3.05, 3.63) is 34.9 Å². The average molecular weight is 493 g/mol. The highest BCUT2D eigenvalue weighted by Crippen LogP contribution is 2.51. The van der Waals surface area contributed by atoms with E-state index in [-0.39, 0.29) is 51.2 Å². The Morgan fingerprint density at radius 2 is 1.97 bits per heavy atom. The zero-order valence-electron chi connectivity index (χ0n) is 20.7. The van der Waals surface area contributed by atoms with E-state index in [0.717, 1.165) is 0 Å². The minimum atomic E-state index is -1.14. The van der Waals surface area contributed by atoms with Crippen molar-refractivity contribution in [3.8, 4) is 11.5 Å². The lowest BCUT2D eigenvalue weighted by atomic mass is 9.77. The van der Waals surface area contributed by atoms with Crippen LogP contribution in [0.25, 0.3) is 0 Å². The van der Waals surface area contributed by atoms with E-state index < -0.39 is 30.1 Å². The number of hydrogen-bond acceptors (Lipinski definition) is 8.